The van der Waals surface area contributed by atoms with Crippen LogP contribution in [0.25, 0.3) is 5.69 Å². The summed E-state index contributed by atoms with van der Waals surface area (Å²) in [7, 11) is -14.3. The molecule has 2 aromatic carbocycles. The van der Waals surface area contributed by atoms with Crippen molar-refractivity contribution in [2.24, 2.45) is 0 Å². The van der Waals surface area contributed by atoms with E-state index in [0.717, 1.165) is 16.8 Å². The molecule has 0 fully saturated rings. The molecule has 170 valence electrons. The third kappa shape index (κ3) is 9.35. The molecular formula is C19H19F6N2O2PS. The van der Waals surface area contributed by atoms with Gasteiger partial charge in [-0.15, -0.1) is 0 Å². The number of hydrogen-bond acceptors (Lipinski definition) is 2. The second kappa shape index (κ2) is 7.80. The summed E-state index contributed by atoms with van der Waals surface area (Å²) in [6.45, 7) is 3.90. The number of aromatic nitrogens is 1. The minimum atomic E-state index is -10.7. The maximum atomic E-state index is 12.7. The van der Waals surface area contributed by atoms with Crippen molar-refractivity contribution < 1.29 is 38.2 Å². The van der Waals surface area contributed by atoms with Gasteiger partial charge in [0.1, 0.15) is 5.69 Å². The van der Waals surface area contributed by atoms with Gasteiger partial charge < -0.3 is 0 Å². The van der Waals surface area contributed by atoms with Gasteiger partial charge in [-0.2, -0.15) is 4.57 Å². The Hall–Kier alpha value is -2.65. The van der Waals surface area contributed by atoms with Gasteiger partial charge in [-0.05, 0) is 37.6 Å². The standard InChI is InChI=1S/C19H19N2O2S.F6P/c1-15-6-9-17(10-7-15)24(22,23)20-18-11-8-16(2)14-19(18)21-12-4-3-5-13-21;1-7(2,3,4,5)6/h3-14,20H,1-2H3;/q+1;-1. The first-order valence-electron chi connectivity index (χ1n) is 8.64. The van der Waals surface area contributed by atoms with Gasteiger partial charge in [-0.25, -0.2) is 8.42 Å². The second-order valence-corrected chi connectivity index (χ2v) is 10.3. The van der Waals surface area contributed by atoms with Crippen LogP contribution in [0, 0.1) is 13.8 Å². The van der Waals surface area contributed by atoms with Crippen LogP contribution in [-0.2, 0) is 10.0 Å². The van der Waals surface area contributed by atoms with Gasteiger partial charge in [0, 0.05) is 18.2 Å². The van der Waals surface area contributed by atoms with Crippen molar-refractivity contribution in [3.05, 3.63) is 84.2 Å². The first kappa shape index (κ1) is 24.6. The molecule has 0 bridgehead atoms. The van der Waals surface area contributed by atoms with Gasteiger partial charge in [-0.3, -0.25) is 4.72 Å². The molecule has 12 heteroatoms. The quantitative estimate of drug-likeness (QED) is 0.253. The van der Waals surface area contributed by atoms with Crippen LogP contribution in [0.5, 0.6) is 0 Å². The van der Waals surface area contributed by atoms with Gasteiger partial charge in [-0.1, -0.05) is 29.8 Å². The monoisotopic (exact) mass is 484 g/mol. The van der Waals surface area contributed by atoms with Crippen LogP contribution < -0.4 is 9.29 Å². The third-order valence-electron chi connectivity index (χ3n) is 3.72. The predicted octanol–water partition coefficient (Wildman–Crippen LogP) is 6.76. The molecule has 0 saturated heterocycles. The second-order valence-electron chi connectivity index (χ2n) is 6.68. The summed E-state index contributed by atoms with van der Waals surface area (Å²) in [6, 6.07) is 18.2. The number of benzene rings is 2. The number of rotatable bonds is 4. The summed E-state index contributed by atoms with van der Waals surface area (Å²) in [6.07, 6.45) is 3.77. The van der Waals surface area contributed by atoms with E-state index in [9.17, 15) is 33.6 Å². The summed E-state index contributed by atoms with van der Waals surface area (Å²) in [4.78, 5) is 0.248. The van der Waals surface area contributed by atoms with Crippen LogP contribution in [-0.4, -0.2) is 8.42 Å². The fourth-order valence-corrected chi connectivity index (χ4v) is 3.50. The number of halogens is 6. The third-order valence-corrected chi connectivity index (χ3v) is 5.10. The average molecular weight is 484 g/mol. The molecule has 0 saturated carbocycles. The first-order valence-corrected chi connectivity index (χ1v) is 12.2. The Labute approximate surface area is 175 Å². The predicted molar refractivity (Wildman–Crippen MR) is 108 cm³/mol. The van der Waals surface area contributed by atoms with Gasteiger partial charge in [0.25, 0.3) is 10.0 Å². The van der Waals surface area contributed by atoms with Crippen LogP contribution in [0.4, 0.5) is 30.9 Å². The molecule has 31 heavy (non-hydrogen) atoms. The van der Waals surface area contributed by atoms with Crippen molar-refractivity contribution in [2.45, 2.75) is 18.7 Å². The van der Waals surface area contributed by atoms with Crippen molar-refractivity contribution in [1.29, 1.82) is 0 Å². The van der Waals surface area contributed by atoms with Crippen LogP contribution in [0.15, 0.2) is 78.0 Å². The molecule has 0 spiro atoms. The van der Waals surface area contributed by atoms with Gasteiger partial charge in [0.15, 0.2) is 12.4 Å². The summed E-state index contributed by atoms with van der Waals surface area (Å²) in [5.74, 6) is 0. The number of pyridine rings is 1. The van der Waals surface area contributed by atoms with Crippen molar-refractivity contribution in [3.63, 3.8) is 0 Å². The summed E-state index contributed by atoms with van der Waals surface area (Å²) < 4.78 is 89.1. The van der Waals surface area contributed by atoms with Crippen molar-refractivity contribution in [3.8, 4) is 5.69 Å². The van der Waals surface area contributed by atoms with E-state index in [0.29, 0.717) is 5.69 Å². The van der Waals surface area contributed by atoms with E-state index in [2.05, 4.69) is 4.72 Å². The van der Waals surface area contributed by atoms with Crippen LogP contribution in [0.1, 0.15) is 11.1 Å². The van der Waals surface area contributed by atoms with Gasteiger partial charge in [0.2, 0.25) is 5.69 Å². The topological polar surface area (TPSA) is 50.1 Å². The summed E-state index contributed by atoms with van der Waals surface area (Å²) in [5, 5.41) is 0. The van der Waals surface area contributed by atoms with E-state index in [1.54, 1.807) is 30.3 Å². The molecular weight excluding hydrogens is 465 g/mol. The van der Waals surface area contributed by atoms with E-state index < -0.39 is 17.8 Å². The van der Waals surface area contributed by atoms with Crippen molar-refractivity contribution >= 4 is 23.5 Å². The molecule has 0 atom stereocenters. The summed E-state index contributed by atoms with van der Waals surface area (Å²) >= 11 is 0. The number of sulfonamides is 1. The van der Waals surface area contributed by atoms with Crippen molar-refractivity contribution in [1.82, 2.24) is 0 Å². The Morgan fingerprint density at radius 3 is 1.77 bits per heavy atom. The first-order chi connectivity index (χ1) is 13.9. The molecule has 0 amide bonds. The summed E-state index contributed by atoms with van der Waals surface area (Å²) in [5.41, 5.74) is 3.40. The van der Waals surface area contributed by atoms with Crippen LogP contribution >= 0.6 is 7.81 Å². The fraction of sp³-hybridized carbons (Fsp3) is 0.105. The Bertz CT molecular complexity index is 1160. The Kier molecular flexibility index (Phi) is 6.19. The Balaban J connectivity index is 0.000000423. The van der Waals surface area contributed by atoms with Gasteiger partial charge in [0.05, 0.1) is 4.90 Å². The van der Waals surface area contributed by atoms with Crippen molar-refractivity contribution in [2.75, 3.05) is 4.72 Å². The molecule has 0 radical (unpaired) electrons. The van der Waals surface area contributed by atoms with Gasteiger partial charge >= 0.3 is 33.0 Å². The molecule has 0 unspecified atom stereocenters. The molecule has 0 aliphatic rings. The number of nitrogens with zero attached hydrogens (tertiary/aromatic N) is 1. The molecule has 4 nitrogen and oxygen atoms in total. The molecule has 0 aliphatic carbocycles. The fourth-order valence-electron chi connectivity index (χ4n) is 2.42. The number of aryl methyl sites for hydroxylation is 2. The molecule has 1 N–H and O–H groups in total. The number of nitrogens with one attached hydrogen (secondary N) is 1. The molecule has 1 aromatic heterocycles. The SMILES string of the molecule is Cc1ccc(S(=O)(=O)Nc2ccc(C)cc2-[n+]2ccccc2)cc1.F[P-](F)(F)(F)(F)F. The molecule has 1 heterocycles. The zero-order chi connectivity index (χ0) is 23.6. The van der Waals surface area contributed by atoms with E-state index in [4.69, 9.17) is 0 Å². The minimum absolute atomic E-state index is 0.248. The van der Waals surface area contributed by atoms with Crippen LogP contribution in [0.3, 0.4) is 0 Å². The van der Waals surface area contributed by atoms with E-state index in [1.807, 2.05) is 61.1 Å². The van der Waals surface area contributed by atoms with E-state index in [-0.39, 0.29) is 4.90 Å². The van der Waals surface area contributed by atoms with E-state index in [1.165, 1.54) is 0 Å². The maximum absolute atomic E-state index is 12.7. The molecule has 0 aliphatic heterocycles. The Morgan fingerprint density at radius 1 is 0.774 bits per heavy atom. The molecule has 3 aromatic rings. The van der Waals surface area contributed by atoms with Crippen LogP contribution in [0.2, 0.25) is 0 Å². The number of anilines is 1. The zero-order valence-corrected chi connectivity index (χ0v) is 18.0. The Morgan fingerprint density at radius 2 is 1.26 bits per heavy atom. The molecule has 3 rings (SSSR count). The normalized spacial score (nSPS) is 13.9. The van der Waals surface area contributed by atoms with E-state index >= 15 is 0 Å². The zero-order valence-electron chi connectivity index (χ0n) is 16.3. The average Bonchev–Trinajstić information content (AvgIpc) is 2.61. The number of hydrogen-bond donors (Lipinski definition) is 1.